The number of rotatable bonds is 4. The van der Waals surface area contributed by atoms with Gasteiger partial charge in [0.25, 0.3) is 0 Å². The van der Waals surface area contributed by atoms with Gasteiger partial charge in [0.05, 0.1) is 17.9 Å². The van der Waals surface area contributed by atoms with Crippen molar-refractivity contribution < 1.29 is 0 Å². The van der Waals surface area contributed by atoms with Gasteiger partial charge in [-0.05, 0) is 25.0 Å². The van der Waals surface area contributed by atoms with Gasteiger partial charge in [0.15, 0.2) is 0 Å². The molecule has 5 nitrogen and oxygen atoms in total. The first-order valence-electron chi connectivity index (χ1n) is 5.45. The van der Waals surface area contributed by atoms with E-state index in [0.29, 0.717) is 0 Å². The van der Waals surface area contributed by atoms with Gasteiger partial charge in [-0.3, -0.25) is 9.36 Å². The van der Waals surface area contributed by atoms with Crippen molar-refractivity contribution >= 4 is 0 Å². The van der Waals surface area contributed by atoms with Gasteiger partial charge in [-0.1, -0.05) is 0 Å². The molecule has 0 aliphatic carbocycles. The normalized spacial score (nSPS) is 12.9. The second-order valence-corrected chi connectivity index (χ2v) is 3.93. The maximum absolute atomic E-state index is 6.08. The molecule has 0 bridgehead atoms. The molecule has 0 aliphatic rings. The van der Waals surface area contributed by atoms with Crippen LogP contribution in [0.4, 0.5) is 0 Å². The van der Waals surface area contributed by atoms with Gasteiger partial charge in [-0.15, -0.1) is 0 Å². The number of hydrogen-bond donors (Lipinski definition) is 1. The van der Waals surface area contributed by atoms with Crippen LogP contribution < -0.4 is 5.73 Å². The quantitative estimate of drug-likeness (QED) is 0.830. The lowest BCUT2D eigenvalue weighted by Gasteiger charge is -2.06. The molecule has 2 aromatic rings. The van der Waals surface area contributed by atoms with Crippen LogP contribution in [0, 0.1) is 0 Å². The highest BCUT2D eigenvalue weighted by Gasteiger charge is 2.10. The van der Waals surface area contributed by atoms with Crippen molar-refractivity contribution in [2.24, 2.45) is 12.8 Å². The molecule has 1 atom stereocenters. The zero-order valence-electron chi connectivity index (χ0n) is 9.67. The molecule has 0 aromatic carbocycles. The number of nitrogens with zero attached hydrogens (tertiary/aromatic N) is 4. The Morgan fingerprint density at radius 3 is 2.88 bits per heavy atom. The first kappa shape index (κ1) is 10.9. The SMILES string of the molecule is CCn1cc(CC(N)c2ccn(C)n2)cn1. The van der Waals surface area contributed by atoms with Crippen LogP contribution in [0.15, 0.2) is 24.7 Å². The molecule has 0 spiro atoms. The molecule has 1 unspecified atom stereocenters. The van der Waals surface area contributed by atoms with E-state index in [4.69, 9.17) is 5.73 Å². The zero-order valence-corrected chi connectivity index (χ0v) is 9.67. The predicted molar refractivity (Wildman–Crippen MR) is 61.7 cm³/mol. The van der Waals surface area contributed by atoms with Crippen molar-refractivity contribution in [3.8, 4) is 0 Å². The molecule has 2 N–H and O–H groups in total. The zero-order chi connectivity index (χ0) is 11.5. The fourth-order valence-electron chi connectivity index (χ4n) is 1.67. The summed E-state index contributed by atoms with van der Waals surface area (Å²) in [7, 11) is 1.89. The third-order valence-electron chi connectivity index (χ3n) is 2.58. The molecule has 0 amide bonds. The summed E-state index contributed by atoms with van der Waals surface area (Å²) in [5.74, 6) is 0. The minimum absolute atomic E-state index is 0.0595. The van der Waals surface area contributed by atoms with E-state index in [-0.39, 0.29) is 6.04 Å². The van der Waals surface area contributed by atoms with Crippen molar-refractivity contribution in [2.75, 3.05) is 0 Å². The molecule has 2 heterocycles. The second kappa shape index (κ2) is 4.49. The van der Waals surface area contributed by atoms with E-state index in [1.807, 2.05) is 36.4 Å². The highest BCUT2D eigenvalue weighted by atomic mass is 15.3. The molecule has 16 heavy (non-hydrogen) atoms. The van der Waals surface area contributed by atoms with Crippen LogP contribution in [0.2, 0.25) is 0 Å². The van der Waals surface area contributed by atoms with E-state index in [1.165, 1.54) is 0 Å². The number of aryl methyl sites for hydroxylation is 2. The van der Waals surface area contributed by atoms with Crippen molar-refractivity contribution in [1.82, 2.24) is 19.6 Å². The topological polar surface area (TPSA) is 61.7 Å². The minimum Gasteiger partial charge on any atom is -0.322 e. The molecule has 86 valence electrons. The van der Waals surface area contributed by atoms with Crippen molar-refractivity contribution in [1.29, 1.82) is 0 Å². The monoisotopic (exact) mass is 219 g/mol. The van der Waals surface area contributed by atoms with Gasteiger partial charge < -0.3 is 5.73 Å². The Kier molecular flexibility index (Phi) is 3.05. The van der Waals surface area contributed by atoms with Crippen LogP contribution in [0.1, 0.15) is 24.2 Å². The van der Waals surface area contributed by atoms with Gasteiger partial charge in [-0.2, -0.15) is 10.2 Å². The molecule has 0 radical (unpaired) electrons. The van der Waals surface area contributed by atoms with Crippen LogP contribution in [-0.4, -0.2) is 19.6 Å². The van der Waals surface area contributed by atoms with Crippen LogP contribution in [-0.2, 0) is 20.0 Å². The van der Waals surface area contributed by atoms with E-state index in [0.717, 1.165) is 24.2 Å². The molecular formula is C11H17N5. The molecule has 2 aromatic heterocycles. The Bertz CT molecular complexity index is 456. The van der Waals surface area contributed by atoms with Gasteiger partial charge >= 0.3 is 0 Å². The summed E-state index contributed by atoms with van der Waals surface area (Å²) < 4.78 is 3.67. The van der Waals surface area contributed by atoms with Crippen LogP contribution in [0.5, 0.6) is 0 Å². The van der Waals surface area contributed by atoms with Crippen LogP contribution in [0.3, 0.4) is 0 Å². The van der Waals surface area contributed by atoms with E-state index in [2.05, 4.69) is 17.1 Å². The number of aromatic nitrogens is 4. The fraction of sp³-hybridized carbons (Fsp3) is 0.455. The average molecular weight is 219 g/mol. The molecule has 0 saturated carbocycles. The number of nitrogens with two attached hydrogens (primary N) is 1. The first-order valence-corrected chi connectivity index (χ1v) is 5.45. The van der Waals surface area contributed by atoms with Crippen LogP contribution >= 0.6 is 0 Å². The third kappa shape index (κ3) is 2.30. The van der Waals surface area contributed by atoms with E-state index in [9.17, 15) is 0 Å². The van der Waals surface area contributed by atoms with Gasteiger partial charge in [-0.25, -0.2) is 0 Å². The van der Waals surface area contributed by atoms with Gasteiger partial charge in [0, 0.05) is 26.0 Å². The van der Waals surface area contributed by atoms with E-state index >= 15 is 0 Å². The van der Waals surface area contributed by atoms with Gasteiger partial charge in [0.2, 0.25) is 0 Å². The Morgan fingerprint density at radius 1 is 1.50 bits per heavy atom. The lowest BCUT2D eigenvalue weighted by molar-refractivity contribution is 0.648. The molecular weight excluding hydrogens is 202 g/mol. The Balaban J connectivity index is 2.04. The smallest absolute Gasteiger partial charge is 0.0795 e. The summed E-state index contributed by atoms with van der Waals surface area (Å²) in [6.45, 7) is 2.95. The molecule has 5 heteroatoms. The summed E-state index contributed by atoms with van der Waals surface area (Å²) in [6.07, 6.45) is 6.58. The Labute approximate surface area is 94.9 Å². The fourth-order valence-corrected chi connectivity index (χ4v) is 1.67. The highest BCUT2D eigenvalue weighted by Crippen LogP contribution is 2.13. The average Bonchev–Trinajstić information content (AvgIpc) is 2.87. The predicted octanol–water partition coefficient (Wildman–Crippen LogP) is 0.879. The molecule has 0 aliphatic heterocycles. The standard InChI is InChI=1S/C11H17N5/c1-3-16-8-9(7-13-16)6-10(12)11-4-5-15(2)14-11/h4-5,7-8,10H,3,6,12H2,1-2H3. The molecule has 0 saturated heterocycles. The summed E-state index contributed by atoms with van der Waals surface area (Å²) in [5.41, 5.74) is 8.15. The van der Waals surface area contributed by atoms with Gasteiger partial charge in [0.1, 0.15) is 0 Å². The van der Waals surface area contributed by atoms with Crippen molar-refractivity contribution in [2.45, 2.75) is 25.9 Å². The first-order chi connectivity index (χ1) is 7.69. The van der Waals surface area contributed by atoms with E-state index < -0.39 is 0 Å². The van der Waals surface area contributed by atoms with Crippen LogP contribution in [0.25, 0.3) is 0 Å². The minimum atomic E-state index is -0.0595. The highest BCUT2D eigenvalue weighted by molar-refractivity contribution is 5.12. The second-order valence-electron chi connectivity index (χ2n) is 3.93. The maximum atomic E-state index is 6.08. The number of hydrogen-bond acceptors (Lipinski definition) is 3. The lowest BCUT2D eigenvalue weighted by Crippen LogP contribution is -2.14. The molecule has 0 fully saturated rings. The lowest BCUT2D eigenvalue weighted by atomic mass is 10.1. The van der Waals surface area contributed by atoms with E-state index in [1.54, 1.807) is 4.68 Å². The van der Waals surface area contributed by atoms with Crippen molar-refractivity contribution in [3.05, 3.63) is 35.9 Å². The maximum Gasteiger partial charge on any atom is 0.0795 e. The molecule has 2 rings (SSSR count). The summed E-state index contributed by atoms with van der Waals surface area (Å²) in [6, 6.07) is 1.89. The summed E-state index contributed by atoms with van der Waals surface area (Å²) in [4.78, 5) is 0. The Hall–Kier alpha value is -1.62. The third-order valence-corrected chi connectivity index (χ3v) is 2.58. The summed E-state index contributed by atoms with van der Waals surface area (Å²) >= 11 is 0. The van der Waals surface area contributed by atoms with Crippen molar-refractivity contribution in [3.63, 3.8) is 0 Å². The largest absolute Gasteiger partial charge is 0.322 e. The Morgan fingerprint density at radius 2 is 2.31 bits per heavy atom. The summed E-state index contributed by atoms with van der Waals surface area (Å²) in [5, 5.41) is 8.52.